The predicted octanol–water partition coefficient (Wildman–Crippen LogP) is 15.8. The number of Topliss-reactive ketones (excluding diaryl/α,β-unsaturated/α-hetero) is 1. The lowest BCUT2D eigenvalue weighted by molar-refractivity contribution is -0.120. The predicted molar refractivity (Wildman–Crippen MR) is 258 cm³/mol. The summed E-state index contributed by atoms with van der Waals surface area (Å²) in [4.78, 5) is 14.2. The Labute approximate surface area is 360 Å². The average Bonchev–Trinajstić information content (AvgIpc) is 3.18. The molecule has 0 radical (unpaired) electrons. The third-order valence-electron chi connectivity index (χ3n) is 13.2. The molecule has 1 fully saturated rings. The summed E-state index contributed by atoms with van der Waals surface area (Å²) in [5, 5.41) is 1.54. The van der Waals surface area contributed by atoms with Gasteiger partial charge >= 0.3 is 0 Å². The number of hydrogen-bond donors (Lipinski definition) is 0. The first-order chi connectivity index (χ1) is 27.8. The summed E-state index contributed by atoms with van der Waals surface area (Å²) in [5.41, 5.74) is 14.5. The molecule has 1 nitrogen and oxygen atoms in total. The number of ketones is 1. The van der Waals surface area contributed by atoms with Crippen LogP contribution in [0.4, 0.5) is 0 Å². The third kappa shape index (κ3) is 9.27. The van der Waals surface area contributed by atoms with Crippen molar-refractivity contribution in [3.8, 4) is 0 Å². The summed E-state index contributed by atoms with van der Waals surface area (Å²) in [7, 11) is -0.885. The number of carbonyl (C=O) groups is 1. The van der Waals surface area contributed by atoms with Crippen LogP contribution in [0, 0.1) is 10.8 Å². The van der Waals surface area contributed by atoms with Gasteiger partial charge in [-0.25, -0.2) is 0 Å². The Morgan fingerprint density at radius 1 is 0.424 bits per heavy atom. The Kier molecular flexibility index (Phi) is 13.7. The molecule has 5 aromatic rings. The highest BCUT2D eigenvalue weighted by atomic mass is 31.1. The Morgan fingerprint density at radius 3 is 0.983 bits per heavy atom. The molecule has 1 aliphatic rings. The minimum absolute atomic E-state index is 0.0184. The zero-order valence-electron chi connectivity index (χ0n) is 38.9. The Hall–Kier alpha value is -3.80. The van der Waals surface area contributed by atoms with E-state index >= 15 is 0 Å². The summed E-state index contributed by atoms with van der Waals surface area (Å²) in [5.74, 6) is 1.89. The summed E-state index contributed by atoms with van der Waals surface area (Å²) < 4.78 is 0. The monoisotopic (exact) mass is 805 g/mol. The van der Waals surface area contributed by atoms with Crippen LogP contribution in [-0.4, -0.2) is 17.1 Å². The molecule has 0 saturated carbocycles. The van der Waals surface area contributed by atoms with Crippen molar-refractivity contribution in [3.63, 3.8) is 0 Å². The van der Waals surface area contributed by atoms with Gasteiger partial charge in [0, 0.05) is 24.7 Å². The molecule has 1 heterocycles. The summed E-state index contributed by atoms with van der Waals surface area (Å²) in [6, 6.07) is 44.4. The normalized spacial score (nSPS) is 18.9. The van der Waals surface area contributed by atoms with Crippen LogP contribution < -0.4 is 5.30 Å². The van der Waals surface area contributed by atoms with E-state index in [1.807, 2.05) is 0 Å². The van der Waals surface area contributed by atoms with Gasteiger partial charge in [0.2, 0.25) is 0 Å². The average molecular weight is 805 g/mol. The van der Waals surface area contributed by atoms with Crippen LogP contribution in [0.3, 0.4) is 0 Å². The van der Waals surface area contributed by atoms with Gasteiger partial charge < -0.3 is 0 Å². The van der Waals surface area contributed by atoms with Crippen molar-refractivity contribution in [2.45, 2.75) is 157 Å². The third-order valence-corrected chi connectivity index (χ3v) is 17.5. The molecule has 1 aliphatic heterocycles. The number of rotatable bonds is 11. The van der Waals surface area contributed by atoms with Gasteiger partial charge in [0.15, 0.2) is 0 Å². The van der Waals surface area contributed by atoms with Gasteiger partial charge in [-0.15, -0.1) is 0 Å². The standard InChI is InChI=1S/C57H73OP/c1-36(2)43-28-21-29-44(37(3)4)53(43)51(40-24-17-15-18-25-40)47-32-23-33-48(55(47)59-49(56(9,10)11)34-42(58)35-50(59)57(12,13)14)52(41-26-19-16-20-27-41)54-45(38(5)6)30-22-31-46(54)39(7)8/h15-33,36-39,49-52H,34-35H2,1-14H3. The zero-order chi connectivity index (χ0) is 43.0. The molecule has 59 heavy (non-hydrogen) atoms. The van der Waals surface area contributed by atoms with Gasteiger partial charge in [-0.1, -0.05) is 220 Å². The van der Waals surface area contributed by atoms with E-state index in [0.717, 1.165) is 0 Å². The highest BCUT2D eigenvalue weighted by molar-refractivity contribution is 7.67. The van der Waals surface area contributed by atoms with Crippen LogP contribution in [0.2, 0.25) is 0 Å². The smallest absolute Gasteiger partial charge is 0.134 e. The summed E-state index contributed by atoms with van der Waals surface area (Å²) in [6.45, 7) is 33.4. The second-order valence-electron chi connectivity index (χ2n) is 20.9. The van der Waals surface area contributed by atoms with Crippen LogP contribution in [0.5, 0.6) is 0 Å². The van der Waals surface area contributed by atoms with E-state index in [9.17, 15) is 4.79 Å². The van der Waals surface area contributed by atoms with Gasteiger partial charge in [0.1, 0.15) is 5.78 Å². The fourth-order valence-electron chi connectivity index (χ4n) is 10.2. The molecule has 0 N–H and O–H groups in total. The Balaban J connectivity index is 1.89. The maximum Gasteiger partial charge on any atom is 0.134 e. The second kappa shape index (κ2) is 18.0. The van der Waals surface area contributed by atoms with Crippen LogP contribution in [0.1, 0.15) is 201 Å². The molecule has 312 valence electrons. The highest BCUT2D eigenvalue weighted by Gasteiger charge is 2.49. The van der Waals surface area contributed by atoms with E-state index in [0.29, 0.717) is 42.3 Å². The van der Waals surface area contributed by atoms with Crippen LogP contribution in [0.15, 0.2) is 115 Å². The van der Waals surface area contributed by atoms with Gasteiger partial charge in [0.05, 0.1) is 0 Å². The molecule has 0 spiro atoms. The first-order valence-electron chi connectivity index (χ1n) is 22.6. The van der Waals surface area contributed by atoms with E-state index in [1.165, 1.54) is 55.6 Å². The van der Waals surface area contributed by atoms with Gasteiger partial charge in [0.25, 0.3) is 0 Å². The second-order valence-corrected chi connectivity index (χ2v) is 23.4. The van der Waals surface area contributed by atoms with E-state index in [-0.39, 0.29) is 34.0 Å². The van der Waals surface area contributed by atoms with Crippen molar-refractivity contribution in [2.24, 2.45) is 10.8 Å². The lowest BCUT2D eigenvalue weighted by atomic mass is 9.73. The molecule has 1 saturated heterocycles. The van der Waals surface area contributed by atoms with Gasteiger partial charge in [-0.2, -0.15) is 0 Å². The minimum Gasteiger partial charge on any atom is -0.300 e. The number of hydrogen-bond acceptors (Lipinski definition) is 1. The zero-order valence-corrected chi connectivity index (χ0v) is 39.8. The lowest BCUT2D eigenvalue weighted by Crippen LogP contribution is -2.45. The Morgan fingerprint density at radius 2 is 0.712 bits per heavy atom. The van der Waals surface area contributed by atoms with Gasteiger partial charge in [-0.3, -0.25) is 4.79 Å². The molecule has 5 aromatic carbocycles. The molecule has 4 unspecified atom stereocenters. The molecule has 0 bridgehead atoms. The van der Waals surface area contributed by atoms with E-state index in [4.69, 9.17) is 0 Å². The molecule has 0 amide bonds. The fourth-order valence-corrected chi connectivity index (χ4v) is 14.7. The molecular formula is C57H73OP. The number of benzene rings is 5. The largest absolute Gasteiger partial charge is 0.300 e. The quantitative estimate of drug-likeness (QED) is 0.0960. The van der Waals surface area contributed by atoms with Crippen LogP contribution >= 0.6 is 7.92 Å². The Bertz CT molecular complexity index is 1990. The fraction of sp³-hybridized carbons (Fsp3) is 0.456. The summed E-state index contributed by atoms with van der Waals surface area (Å²) in [6.07, 6.45) is 1.28. The number of carbonyl (C=O) groups excluding carboxylic acids is 1. The van der Waals surface area contributed by atoms with Crippen LogP contribution in [-0.2, 0) is 4.79 Å². The van der Waals surface area contributed by atoms with Crippen molar-refractivity contribution in [2.75, 3.05) is 0 Å². The molecule has 4 atom stereocenters. The van der Waals surface area contributed by atoms with Crippen molar-refractivity contribution >= 4 is 19.0 Å². The van der Waals surface area contributed by atoms with Crippen LogP contribution in [0.25, 0.3) is 0 Å². The lowest BCUT2D eigenvalue weighted by Gasteiger charge is -2.51. The molecule has 0 aromatic heterocycles. The van der Waals surface area contributed by atoms with Crippen molar-refractivity contribution in [3.05, 3.63) is 171 Å². The SMILES string of the molecule is CC(C)c1cccc(C(C)C)c1C(c1ccccc1)c1cccc(C(c2ccccc2)c2c(C(C)C)cccc2C(C)C)c1P1C(C(C)(C)C)CC(=O)CC1C(C)(C)C. The minimum atomic E-state index is -0.885. The van der Waals surface area contributed by atoms with Gasteiger partial charge in [-0.05, 0) is 107 Å². The molecule has 0 aliphatic carbocycles. The first-order valence-corrected chi connectivity index (χ1v) is 24.1. The topological polar surface area (TPSA) is 17.1 Å². The van der Waals surface area contributed by atoms with E-state index in [1.54, 1.807) is 5.30 Å². The summed E-state index contributed by atoms with van der Waals surface area (Å²) >= 11 is 0. The first kappa shape index (κ1) is 44.7. The van der Waals surface area contributed by atoms with E-state index in [2.05, 4.69) is 212 Å². The molecule has 2 heteroatoms. The van der Waals surface area contributed by atoms with Crippen molar-refractivity contribution < 1.29 is 4.79 Å². The van der Waals surface area contributed by atoms with Crippen molar-refractivity contribution in [1.29, 1.82) is 0 Å². The maximum atomic E-state index is 14.2. The highest BCUT2D eigenvalue weighted by Crippen LogP contribution is 2.64. The molecule has 6 rings (SSSR count). The van der Waals surface area contributed by atoms with Crippen molar-refractivity contribution in [1.82, 2.24) is 0 Å². The maximum absolute atomic E-state index is 14.2. The molecular weight excluding hydrogens is 732 g/mol. The van der Waals surface area contributed by atoms with E-state index < -0.39 is 7.92 Å².